The van der Waals surface area contributed by atoms with Gasteiger partial charge in [-0.15, -0.1) is 0 Å². The van der Waals surface area contributed by atoms with Crippen LogP contribution in [-0.2, 0) is 28.7 Å². The highest BCUT2D eigenvalue weighted by Gasteiger charge is 2.46. The number of ether oxygens (including phenoxy) is 1. The van der Waals surface area contributed by atoms with Crippen LogP contribution in [0.3, 0.4) is 0 Å². The summed E-state index contributed by atoms with van der Waals surface area (Å²) in [7, 11) is 0. The number of anilines is 2. The number of esters is 1. The highest BCUT2D eigenvalue weighted by molar-refractivity contribution is 6.05. The van der Waals surface area contributed by atoms with Gasteiger partial charge in [-0.1, -0.05) is 18.2 Å². The molecule has 0 radical (unpaired) electrons. The van der Waals surface area contributed by atoms with Crippen LogP contribution < -0.4 is 10.6 Å². The molecule has 1 saturated heterocycles. The van der Waals surface area contributed by atoms with E-state index in [2.05, 4.69) is 10.6 Å². The van der Waals surface area contributed by atoms with Gasteiger partial charge >= 0.3 is 5.97 Å². The van der Waals surface area contributed by atoms with E-state index in [9.17, 15) is 24.0 Å². The molecule has 1 aromatic rings. The van der Waals surface area contributed by atoms with Gasteiger partial charge < -0.3 is 15.4 Å². The molecule has 4 amide bonds. The van der Waals surface area contributed by atoms with Crippen molar-refractivity contribution in [3.63, 3.8) is 0 Å². The first-order valence-electron chi connectivity index (χ1n) is 9.68. The molecule has 0 saturated carbocycles. The Morgan fingerprint density at radius 3 is 2.23 bits per heavy atom. The molecule has 1 fully saturated rings. The van der Waals surface area contributed by atoms with Crippen LogP contribution in [0, 0.1) is 11.8 Å². The van der Waals surface area contributed by atoms with Gasteiger partial charge in [0, 0.05) is 24.8 Å². The van der Waals surface area contributed by atoms with Crippen molar-refractivity contribution in [1.82, 2.24) is 4.90 Å². The summed E-state index contributed by atoms with van der Waals surface area (Å²) in [6.07, 6.45) is 4.71. The Morgan fingerprint density at radius 1 is 1.03 bits per heavy atom. The van der Waals surface area contributed by atoms with Crippen LogP contribution in [0.5, 0.6) is 0 Å². The van der Waals surface area contributed by atoms with Gasteiger partial charge in [-0.25, -0.2) is 0 Å². The van der Waals surface area contributed by atoms with E-state index in [1.807, 2.05) is 12.2 Å². The van der Waals surface area contributed by atoms with Crippen LogP contribution in [0.4, 0.5) is 11.4 Å². The van der Waals surface area contributed by atoms with Crippen molar-refractivity contribution in [1.29, 1.82) is 0 Å². The van der Waals surface area contributed by atoms with Gasteiger partial charge in [-0.05, 0) is 31.0 Å². The Hall–Kier alpha value is -3.49. The van der Waals surface area contributed by atoms with Gasteiger partial charge in [0.25, 0.3) is 5.91 Å². The quantitative estimate of drug-likeness (QED) is 0.397. The van der Waals surface area contributed by atoms with Crippen LogP contribution in [0.2, 0.25) is 0 Å². The maximum atomic E-state index is 12.4. The van der Waals surface area contributed by atoms with Gasteiger partial charge in [0.2, 0.25) is 17.7 Å². The number of nitrogens with zero attached hydrogens (tertiary/aromatic N) is 1. The summed E-state index contributed by atoms with van der Waals surface area (Å²) in [6.45, 7) is 0.822. The van der Waals surface area contributed by atoms with Crippen molar-refractivity contribution >= 4 is 41.0 Å². The van der Waals surface area contributed by atoms with Gasteiger partial charge in [-0.2, -0.15) is 0 Å². The van der Waals surface area contributed by atoms with E-state index in [-0.39, 0.29) is 42.5 Å². The largest absolute Gasteiger partial charge is 0.456 e. The van der Waals surface area contributed by atoms with Crippen LogP contribution in [0.25, 0.3) is 0 Å². The van der Waals surface area contributed by atoms with E-state index >= 15 is 0 Å². The first-order chi connectivity index (χ1) is 14.3. The summed E-state index contributed by atoms with van der Waals surface area (Å²) in [5.74, 6) is -2.63. The zero-order chi connectivity index (χ0) is 21.7. The minimum atomic E-state index is -0.675. The summed E-state index contributed by atoms with van der Waals surface area (Å²) in [5, 5.41) is 5.16. The molecule has 0 bridgehead atoms. The number of rotatable bonds is 7. The molecule has 9 heteroatoms. The van der Waals surface area contributed by atoms with Crippen LogP contribution in [0.15, 0.2) is 36.4 Å². The average molecular weight is 413 g/mol. The predicted molar refractivity (Wildman–Crippen MR) is 107 cm³/mol. The summed E-state index contributed by atoms with van der Waals surface area (Å²) >= 11 is 0. The molecule has 0 unspecified atom stereocenters. The number of carbonyl (C=O) groups is 5. The molecule has 2 N–H and O–H groups in total. The Kier molecular flexibility index (Phi) is 6.61. The van der Waals surface area contributed by atoms with Crippen LogP contribution in [0.1, 0.15) is 26.2 Å². The maximum Gasteiger partial charge on any atom is 0.308 e. The fourth-order valence-electron chi connectivity index (χ4n) is 3.59. The molecule has 1 aliphatic carbocycles. The van der Waals surface area contributed by atoms with Gasteiger partial charge in [-0.3, -0.25) is 28.9 Å². The zero-order valence-electron chi connectivity index (χ0n) is 16.6. The average Bonchev–Trinajstić information content (AvgIpc) is 2.95. The van der Waals surface area contributed by atoms with E-state index in [1.54, 1.807) is 24.3 Å². The number of fused-ring (bicyclic) bond motifs is 1. The number of hydrogen-bond donors (Lipinski definition) is 2. The number of likely N-dealkylation sites (tertiary alicyclic amines) is 1. The molecule has 9 nitrogen and oxygen atoms in total. The number of carbonyl (C=O) groups excluding carboxylic acids is 5. The highest BCUT2D eigenvalue weighted by atomic mass is 16.5. The van der Waals surface area contributed by atoms with E-state index in [0.717, 1.165) is 4.90 Å². The maximum absolute atomic E-state index is 12.4. The Morgan fingerprint density at radius 2 is 1.63 bits per heavy atom. The van der Waals surface area contributed by atoms with Crippen molar-refractivity contribution in [2.24, 2.45) is 11.8 Å². The lowest BCUT2D eigenvalue weighted by atomic mass is 9.85. The molecule has 1 heterocycles. The molecule has 1 aliphatic heterocycles. The highest BCUT2D eigenvalue weighted by Crippen LogP contribution is 2.35. The summed E-state index contributed by atoms with van der Waals surface area (Å²) in [6, 6.07) is 6.53. The number of nitrogens with one attached hydrogen (secondary N) is 2. The second-order valence-electron chi connectivity index (χ2n) is 7.20. The molecule has 2 aliphatic rings. The number of allylic oxidation sites excluding steroid dienone is 2. The molecule has 0 spiro atoms. The predicted octanol–water partition coefficient (Wildman–Crippen LogP) is 1.47. The molecule has 158 valence electrons. The fraction of sp³-hybridized carbons (Fsp3) is 0.381. The van der Waals surface area contributed by atoms with E-state index < -0.39 is 18.5 Å². The van der Waals surface area contributed by atoms with Crippen molar-refractivity contribution in [3.8, 4) is 0 Å². The van der Waals surface area contributed by atoms with Crippen LogP contribution in [-0.4, -0.2) is 47.6 Å². The Labute approximate surface area is 173 Å². The van der Waals surface area contributed by atoms with Crippen LogP contribution >= 0.6 is 0 Å². The second kappa shape index (κ2) is 9.34. The van der Waals surface area contributed by atoms with Crippen molar-refractivity contribution < 1.29 is 28.7 Å². The van der Waals surface area contributed by atoms with Crippen molar-refractivity contribution in [2.75, 3.05) is 23.8 Å². The third-order valence-corrected chi connectivity index (χ3v) is 4.97. The van der Waals surface area contributed by atoms with Gasteiger partial charge in [0.05, 0.1) is 18.3 Å². The lowest BCUT2D eigenvalue weighted by Gasteiger charge is -2.14. The van der Waals surface area contributed by atoms with E-state index in [4.69, 9.17) is 4.74 Å². The van der Waals surface area contributed by atoms with E-state index in [0.29, 0.717) is 24.2 Å². The first-order valence-corrected chi connectivity index (χ1v) is 9.68. The molecule has 1 aromatic carbocycles. The van der Waals surface area contributed by atoms with E-state index in [1.165, 1.54) is 6.92 Å². The zero-order valence-corrected chi connectivity index (χ0v) is 16.6. The topological polar surface area (TPSA) is 122 Å². The lowest BCUT2D eigenvalue weighted by molar-refractivity contribution is -0.148. The first kappa shape index (κ1) is 21.2. The smallest absolute Gasteiger partial charge is 0.308 e. The SMILES string of the molecule is CC(=O)Nc1cccc(NC(=O)COC(=O)CCN2C(=O)[C@@H]3CC=CC[C@H]3C2=O)c1. The molecule has 2 atom stereocenters. The van der Waals surface area contributed by atoms with Crippen molar-refractivity contribution in [2.45, 2.75) is 26.2 Å². The molecular weight excluding hydrogens is 390 g/mol. The molecule has 3 rings (SSSR count). The third-order valence-electron chi connectivity index (χ3n) is 4.97. The number of amides is 4. The number of benzene rings is 1. The fourth-order valence-corrected chi connectivity index (χ4v) is 3.59. The summed E-state index contributed by atoms with van der Waals surface area (Å²) < 4.78 is 4.94. The molecule has 0 aromatic heterocycles. The summed E-state index contributed by atoms with van der Waals surface area (Å²) in [5.41, 5.74) is 0.958. The summed E-state index contributed by atoms with van der Waals surface area (Å²) in [4.78, 5) is 60.9. The third kappa shape index (κ3) is 5.11. The van der Waals surface area contributed by atoms with Gasteiger partial charge in [0.1, 0.15) is 0 Å². The Balaban J connectivity index is 1.43. The second-order valence-corrected chi connectivity index (χ2v) is 7.20. The standard InChI is InChI=1S/C21H23N3O6/c1-13(25)22-14-5-4-6-15(11-14)23-18(26)12-30-19(27)9-10-24-20(28)16-7-2-3-8-17(16)21(24)29/h2-6,11,16-17H,7-10,12H2,1H3,(H,22,25)(H,23,26)/t16-,17-/m1/s1. The normalized spacial score (nSPS) is 20.0. The minimum absolute atomic E-state index is 0.0517. The number of hydrogen-bond acceptors (Lipinski definition) is 6. The molecule has 30 heavy (non-hydrogen) atoms. The number of imide groups is 1. The monoisotopic (exact) mass is 413 g/mol. The minimum Gasteiger partial charge on any atom is -0.456 e. The Bertz CT molecular complexity index is 884. The lowest BCUT2D eigenvalue weighted by Crippen LogP contribution is -2.33. The van der Waals surface area contributed by atoms with Gasteiger partial charge in [0.15, 0.2) is 6.61 Å². The van der Waals surface area contributed by atoms with Crippen molar-refractivity contribution in [3.05, 3.63) is 36.4 Å². The molecular formula is C21H23N3O6.